The zero-order valence-corrected chi connectivity index (χ0v) is 12.1. The molecule has 0 aliphatic carbocycles. The first kappa shape index (κ1) is 13.9. The molecular formula is C11H13BrClNOS. The number of halogens is 2. The second-order valence-corrected chi connectivity index (χ2v) is 5.22. The van der Waals surface area contributed by atoms with E-state index in [2.05, 4.69) is 21.2 Å². The number of rotatable bonds is 5. The van der Waals surface area contributed by atoms with Gasteiger partial charge in [0.25, 0.3) is 5.91 Å². The summed E-state index contributed by atoms with van der Waals surface area (Å²) in [4.78, 5) is 12.8. The maximum atomic E-state index is 11.8. The Morgan fingerprint density at radius 3 is 2.94 bits per heavy atom. The molecule has 16 heavy (non-hydrogen) atoms. The molecular weight excluding hydrogens is 310 g/mol. The van der Waals surface area contributed by atoms with Crippen molar-refractivity contribution in [1.82, 2.24) is 5.32 Å². The number of alkyl halides is 1. The number of hydrogen-bond acceptors (Lipinski definition) is 2. The summed E-state index contributed by atoms with van der Waals surface area (Å²) in [5.74, 6) is -0.109. The average Bonchev–Trinajstić information content (AvgIpc) is 2.30. The molecule has 1 rings (SSSR count). The molecule has 0 saturated heterocycles. The van der Waals surface area contributed by atoms with Crippen molar-refractivity contribution in [2.45, 2.75) is 11.3 Å². The Hall–Kier alpha value is -0.190. The third-order valence-electron chi connectivity index (χ3n) is 2.01. The van der Waals surface area contributed by atoms with Gasteiger partial charge in [-0.2, -0.15) is 0 Å². The van der Waals surface area contributed by atoms with Crippen molar-refractivity contribution < 1.29 is 4.79 Å². The van der Waals surface area contributed by atoms with Crippen molar-refractivity contribution in [2.24, 2.45) is 0 Å². The summed E-state index contributed by atoms with van der Waals surface area (Å²) in [6.45, 7) is 0.657. The van der Waals surface area contributed by atoms with Crippen molar-refractivity contribution in [3.05, 3.63) is 28.8 Å². The average molecular weight is 323 g/mol. The van der Waals surface area contributed by atoms with E-state index < -0.39 is 0 Å². The van der Waals surface area contributed by atoms with Crippen LogP contribution in [0.2, 0.25) is 5.02 Å². The highest BCUT2D eigenvalue weighted by atomic mass is 79.9. The molecule has 0 radical (unpaired) electrons. The van der Waals surface area contributed by atoms with Crippen molar-refractivity contribution in [1.29, 1.82) is 0 Å². The lowest BCUT2D eigenvalue weighted by Gasteiger charge is -2.07. The first-order valence-electron chi connectivity index (χ1n) is 4.86. The van der Waals surface area contributed by atoms with E-state index in [1.807, 2.05) is 18.4 Å². The van der Waals surface area contributed by atoms with Gasteiger partial charge in [-0.25, -0.2) is 0 Å². The highest BCUT2D eigenvalue weighted by molar-refractivity contribution is 9.09. The Kier molecular flexibility index (Phi) is 6.24. The molecule has 0 saturated carbocycles. The molecule has 0 aliphatic heterocycles. The fraction of sp³-hybridized carbons (Fsp3) is 0.364. The number of amides is 1. The van der Waals surface area contributed by atoms with Gasteiger partial charge < -0.3 is 5.32 Å². The SMILES string of the molecule is CSc1ccc(Cl)c(C(=O)NCCCBr)c1. The molecule has 1 N–H and O–H groups in total. The van der Waals surface area contributed by atoms with Gasteiger partial charge in [0, 0.05) is 16.8 Å². The zero-order valence-electron chi connectivity index (χ0n) is 8.93. The summed E-state index contributed by atoms with van der Waals surface area (Å²) >= 11 is 10.9. The molecule has 0 spiro atoms. The van der Waals surface area contributed by atoms with Crippen molar-refractivity contribution in [3.8, 4) is 0 Å². The quantitative estimate of drug-likeness (QED) is 0.510. The summed E-state index contributed by atoms with van der Waals surface area (Å²) in [6.07, 6.45) is 2.88. The van der Waals surface area contributed by atoms with Crippen LogP contribution in [0.1, 0.15) is 16.8 Å². The van der Waals surface area contributed by atoms with Crippen molar-refractivity contribution >= 4 is 45.2 Å². The van der Waals surface area contributed by atoms with Crippen LogP contribution in [-0.4, -0.2) is 24.0 Å². The van der Waals surface area contributed by atoms with Crippen LogP contribution in [0.3, 0.4) is 0 Å². The third-order valence-corrected chi connectivity index (χ3v) is 3.63. The lowest BCUT2D eigenvalue weighted by Crippen LogP contribution is -2.24. The topological polar surface area (TPSA) is 29.1 Å². The van der Waals surface area contributed by atoms with Gasteiger partial charge >= 0.3 is 0 Å². The zero-order chi connectivity index (χ0) is 12.0. The lowest BCUT2D eigenvalue weighted by atomic mass is 10.2. The van der Waals surface area contributed by atoms with Crippen molar-refractivity contribution in [2.75, 3.05) is 18.1 Å². The Labute approximate surface area is 113 Å². The first-order chi connectivity index (χ1) is 7.69. The minimum Gasteiger partial charge on any atom is -0.352 e. The largest absolute Gasteiger partial charge is 0.352 e. The Bertz CT molecular complexity index is 373. The van der Waals surface area contributed by atoms with E-state index in [1.54, 1.807) is 17.8 Å². The highest BCUT2D eigenvalue weighted by Crippen LogP contribution is 2.22. The summed E-state index contributed by atoms with van der Waals surface area (Å²) in [5, 5.41) is 4.20. The summed E-state index contributed by atoms with van der Waals surface area (Å²) < 4.78 is 0. The molecule has 1 aromatic carbocycles. The first-order valence-corrected chi connectivity index (χ1v) is 7.59. The smallest absolute Gasteiger partial charge is 0.252 e. The van der Waals surface area contributed by atoms with Crippen LogP contribution in [0.5, 0.6) is 0 Å². The molecule has 5 heteroatoms. The van der Waals surface area contributed by atoms with Crippen LogP contribution in [0.4, 0.5) is 0 Å². The number of benzene rings is 1. The van der Waals surface area contributed by atoms with Gasteiger partial charge in [-0.1, -0.05) is 27.5 Å². The van der Waals surface area contributed by atoms with E-state index in [0.29, 0.717) is 17.1 Å². The summed E-state index contributed by atoms with van der Waals surface area (Å²) in [6, 6.07) is 5.48. The summed E-state index contributed by atoms with van der Waals surface area (Å²) in [5.41, 5.74) is 0.545. The van der Waals surface area contributed by atoms with E-state index in [0.717, 1.165) is 16.6 Å². The molecule has 0 aromatic heterocycles. The van der Waals surface area contributed by atoms with E-state index >= 15 is 0 Å². The van der Waals surface area contributed by atoms with E-state index in [4.69, 9.17) is 11.6 Å². The van der Waals surface area contributed by atoms with Gasteiger partial charge in [-0.05, 0) is 30.9 Å². The standard InChI is InChI=1S/C11H13BrClNOS/c1-16-8-3-4-10(13)9(7-8)11(15)14-6-2-5-12/h3-4,7H,2,5-6H2,1H3,(H,14,15). The van der Waals surface area contributed by atoms with Gasteiger partial charge in [-0.3, -0.25) is 4.79 Å². The Balaban J connectivity index is 2.73. The number of nitrogens with one attached hydrogen (secondary N) is 1. The van der Waals surface area contributed by atoms with Gasteiger partial charge in [0.05, 0.1) is 10.6 Å². The monoisotopic (exact) mass is 321 g/mol. The van der Waals surface area contributed by atoms with E-state index in [1.165, 1.54) is 0 Å². The third kappa shape index (κ3) is 4.00. The molecule has 88 valence electrons. The summed E-state index contributed by atoms with van der Waals surface area (Å²) in [7, 11) is 0. The Morgan fingerprint density at radius 2 is 2.31 bits per heavy atom. The number of hydrogen-bond donors (Lipinski definition) is 1. The van der Waals surface area contributed by atoms with Crippen molar-refractivity contribution in [3.63, 3.8) is 0 Å². The van der Waals surface area contributed by atoms with Crippen LogP contribution in [0, 0.1) is 0 Å². The molecule has 0 bridgehead atoms. The molecule has 1 aromatic rings. The molecule has 0 heterocycles. The van der Waals surface area contributed by atoms with Gasteiger partial charge in [0.1, 0.15) is 0 Å². The molecule has 1 amide bonds. The maximum Gasteiger partial charge on any atom is 0.252 e. The van der Waals surface area contributed by atoms with Crippen LogP contribution < -0.4 is 5.32 Å². The number of carbonyl (C=O) groups is 1. The molecule has 0 aliphatic rings. The predicted molar refractivity (Wildman–Crippen MR) is 74.0 cm³/mol. The van der Waals surface area contributed by atoms with Crippen LogP contribution in [0.15, 0.2) is 23.1 Å². The van der Waals surface area contributed by atoms with E-state index in [-0.39, 0.29) is 5.91 Å². The second-order valence-electron chi connectivity index (χ2n) is 3.14. The van der Waals surface area contributed by atoms with Crippen LogP contribution in [0.25, 0.3) is 0 Å². The van der Waals surface area contributed by atoms with Gasteiger partial charge in [-0.15, -0.1) is 11.8 Å². The molecule has 0 fully saturated rings. The van der Waals surface area contributed by atoms with Gasteiger partial charge in [0.15, 0.2) is 0 Å². The normalized spacial score (nSPS) is 10.2. The number of carbonyl (C=O) groups excluding carboxylic acids is 1. The molecule has 2 nitrogen and oxygen atoms in total. The maximum absolute atomic E-state index is 11.8. The fourth-order valence-corrected chi connectivity index (χ4v) is 2.09. The Morgan fingerprint density at radius 1 is 1.56 bits per heavy atom. The molecule has 0 unspecified atom stereocenters. The van der Waals surface area contributed by atoms with Crippen LogP contribution >= 0.6 is 39.3 Å². The minimum absolute atomic E-state index is 0.109. The molecule has 0 atom stereocenters. The highest BCUT2D eigenvalue weighted by Gasteiger charge is 2.10. The van der Waals surface area contributed by atoms with Crippen LogP contribution in [-0.2, 0) is 0 Å². The second kappa shape index (κ2) is 7.20. The van der Waals surface area contributed by atoms with E-state index in [9.17, 15) is 4.79 Å². The number of thioether (sulfide) groups is 1. The predicted octanol–water partition coefficient (Wildman–Crippen LogP) is 3.58. The fourth-order valence-electron chi connectivity index (χ4n) is 1.17. The minimum atomic E-state index is -0.109. The lowest BCUT2D eigenvalue weighted by molar-refractivity contribution is 0.0954. The van der Waals surface area contributed by atoms with Gasteiger partial charge in [0.2, 0.25) is 0 Å².